The number of ether oxygens (including phenoxy) is 1. The Kier molecular flexibility index (Phi) is 5.33. The summed E-state index contributed by atoms with van der Waals surface area (Å²) in [5.41, 5.74) is 1.60. The Hall–Kier alpha value is -3.05. The quantitative estimate of drug-likeness (QED) is 0.582. The number of nitriles is 1. The molecule has 0 N–H and O–H groups in total. The van der Waals surface area contributed by atoms with Crippen molar-refractivity contribution in [1.82, 2.24) is 9.47 Å². The van der Waals surface area contributed by atoms with E-state index in [1.807, 2.05) is 24.3 Å². The van der Waals surface area contributed by atoms with Crippen LogP contribution in [0.25, 0.3) is 17.0 Å². The highest BCUT2D eigenvalue weighted by Gasteiger charge is 2.41. The lowest BCUT2D eigenvalue weighted by molar-refractivity contribution is -0.150. The molecule has 1 saturated heterocycles. The van der Waals surface area contributed by atoms with Gasteiger partial charge < -0.3 is 9.30 Å². The van der Waals surface area contributed by atoms with Gasteiger partial charge in [-0.25, -0.2) is 4.79 Å². The molecule has 2 heterocycles. The van der Waals surface area contributed by atoms with Crippen molar-refractivity contribution in [3.05, 3.63) is 40.9 Å². The van der Waals surface area contributed by atoms with Crippen molar-refractivity contribution in [2.75, 3.05) is 6.61 Å². The average molecular weight is 383 g/mol. The lowest BCUT2D eigenvalue weighted by atomic mass is 10.1. The van der Waals surface area contributed by atoms with Gasteiger partial charge in [0.25, 0.3) is 11.1 Å². The van der Waals surface area contributed by atoms with E-state index in [1.54, 1.807) is 23.8 Å². The molecule has 0 bridgehead atoms. The first-order valence-corrected chi connectivity index (χ1v) is 9.18. The molecule has 1 aromatic carbocycles. The van der Waals surface area contributed by atoms with Gasteiger partial charge in [-0.2, -0.15) is 5.26 Å². The van der Waals surface area contributed by atoms with Crippen molar-refractivity contribution >= 4 is 45.9 Å². The summed E-state index contributed by atoms with van der Waals surface area (Å²) in [5, 5.41) is 9.37. The number of fused-ring (bicyclic) bond motifs is 1. The molecule has 3 rings (SSSR count). The summed E-state index contributed by atoms with van der Waals surface area (Å²) >= 11 is 0.788. The number of para-hydroxylation sites is 1. The van der Waals surface area contributed by atoms with E-state index in [0.717, 1.165) is 33.1 Å². The van der Waals surface area contributed by atoms with Gasteiger partial charge >= 0.3 is 5.97 Å². The zero-order valence-corrected chi connectivity index (χ0v) is 15.7. The van der Waals surface area contributed by atoms with Crippen molar-refractivity contribution in [1.29, 1.82) is 5.26 Å². The topological polar surface area (TPSA) is 92.4 Å². The molecule has 0 spiro atoms. The predicted octanol–water partition coefficient (Wildman–Crippen LogP) is 3.15. The smallest absolute Gasteiger partial charge is 0.329 e. The lowest BCUT2D eigenvalue weighted by Gasteiger charge is -2.19. The Morgan fingerprint density at radius 1 is 1.37 bits per heavy atom. The molecule has 8 heteroatoms. The average Bonchev–Trinajstić information content (AvgIpc) is 3.13. The normalized spacial score (nSPS) is 16.8. The molecule has 7 nitrogen and oxygen atoms in total. The zero-order chi connectivity index (χ0) is 19.6. The molecular formula is C19H17N3O4S. The first-order chi connectivity index (χ1) is 13.0. The van der Waals surface area contributed by atoms with Gasteiger partial charge in [0.2, 0.25) is 0 Å². The van der Waals surface area contributed by atoms with Crippen LogP contribution in [0.2, 0.25) is 0 Å². The summed E-state index contributed by atoms with van der Waals surface area (Å²) in [4.78, 5) is 38.0. The van der Waals surface area contributed by atoms with Crippen molar-refractivity contribution in [2.45, 2.75) is 26.4 Å². The minimum atomic E-state index is -0.983. The van der Waals surface area contributed by atoms with Crippen LogP contribution in [-0.4, -0.2) is 39.2 Å². The summed E-state index contributed by atoms with van der Waals surface area (Å²) in [6.07, 6.45) is 3.40. The van der Waals surface area contributed by atoms with Crippen molar-refractivity contribution in [3.8, 4) is 6.07 Å². The lowest BCUT2D eigenvalue weighted by Crippen LogP contribution is -2.42. The van der Waals surface area contributed by atoms with Gasteiger partial charge in [0.1, 0.15) is 12.6 Å². The number of rotatable bonds is 5. The zero-order valence-electron chi connectivity index (χ0n) is 14.8. The van der Waals surface area contributed by atoms with Gasteiger partial charge in [0.15, 0.2) is 0 Å². The summed E-state index contributed by atoms with van der Waals surface area (Å²) in [6.45, 7) is 3.48. The minimum absolute atomic E-state index is 0.174. The third kappa shape index (κ3) is 3.46. The van der Waals surface area contributed by atoms with Gasteiger partial charge in [-0.15, -0.1) is 0 Å². The number of amides is 2. The maximum Gasteiger partial charge on any atom is 0.329 e. The number of carbonyl (C=O) groups excluding carboxylic acids is 3. The molecule has 1 atom stereocenters. The van der Waals surface area contributed by atoms with Crippen LogP contribution in [0.3, 0.4) is 0 Å². The van der Waals surface area contributed by atoms with Crippen LogP contribution in [-0.2, 0) is 20.9 Å². The van der Waals surface area contributed by atoms with Gasteiger partial charge in [-0.1, -0.05) is 18.2 Å². The van der Waals surface area contributed by atoms with Gasteiger partial charge in [-0.05, 0) is 37.8 Å². The molecule has 27 heavy (non-hydrogen) atoms. The van der Waals surface area contributed by atoms with Crippen molar-refractivity contribution in [2.24, 2.45) is 0 Å². The molecule has 1 fully saturated rings. The van der Waals surface area contributed by atoms with Gasteiger partial charge in [0, 0.05) is 22.7 Å². The van der Waals surface area contributed by atoms with Crippen molar-refractivity contribution < 1.29 is 19.1 Å². The monoisotopic (exact) mass is 383 g/mol. The summed E-state index contributed by atoms with van der Waals surface area (Å²) in [7, 11) is 0. The second-order valence-electron chi connectivity index (χ2n) is 5.87. The highest BCUT2D eigenvalue weighted by Crippen LogP contribution is 2.35. The number of benzene rings is 1. The second kappa shape index (κ2) is 7.68. The third-order valence-electron chi connectivity index (χ3n) is 4.19. The summed E-state index contributed by atoms with van der Waals surface area (Å²) < 4.78 is 6.69. The molecule has 0 aliphatic carbocycles. The first-order valence-electron chi connectivity index (χ1n) is 8.36. The van der Waals surface area contributed by atoms with E-state index in [9.17, 15) is 14.4 Å². The molecule has 0 unspecified atom stereocenters. The Bertz CT molecular complexity index is 1000. The van der Waals surface area contributed by atoms with Crippen LogP contribution >= 0.6 is 11.8 Å². The highest BCUT2D eigenvalue weighted by atomic mass is 32.2. The molecule has 1 aromatic heterocycles. The standard InChI is InChI=1S/C19H17N3O4S/c1-3-26-18(24)12(2)22-17(23)16(27-19(22)25)10-13-11-21(9-8-20)15-7-5-4-6-14(13)15/h4-7,10-12H,3,9H2,1-2H3/b16-10+/t12-/m1/s1. The van der Waals surface area contributed by atoms with E-state index in [0.29, 0.717) is 0 Å². The van der Waals surface area contributed by atoms with Crippen LogP contribution < -0.4 is 0 Å². The number of hydrogen-bond donors (Lipinski definition) is 0. The molecule has 2 aromatic rings. The molecule has 0 saturated carbocycles. The largest absolute Gasteiger partial charge is 0.464 e. The fourth-order valence-electron chi connectivity index (χ4n) is 2.92. The second-order valence-corrected chi connectivity index (χ2v) is 6.86. The fourth-order valence-corrected chi connectivity index (χ4v) is 3.82. The van der Waals surface area contributed by atoms with Crippen LogP contribution in [0.15, 0.2) is 35.4 Å². The summed E-state index contributed by atoms with van der Waals surface area (Å²) in [5.74, 6) is -1.14. The Labute approximate surface area is 160 Å². The van der Waals surface area contributed by atoms with E-state index < -0.39 is 23.2 Å². The highest BCUT2D eigenvalue weighted by molar-refractivity contribution is 8.18. The molecule has 138 valence electrons. The molecule has 1 aliphatic heterocycles. The molecule has 1 aliphatic rings. The van der Waals surface area contributed by atoms with Crippen LogP contribution in [0, 0.1) is 11.3 Å². The van der Waals surface area contributed by atoms with Crippen molar-refractivity contribution in [3.63, 3.8) is 0 Å². The number of aromatic nitrogens is 1. The SMILES string of the molecule is CCOC(=O)[C@@H](C)N1C(=O)S/C(=C/c2cn(CC#N)c3ccccc23)C1=O. The Morgan fingerprint density at radius 2 is 2.11 bits per heavy atom. The third-order valence-corrected chi connectivity index (χ3v) is 5.07. The number of imide groups is 1. The maximum absolute atomic E-state index is 12.7. The first kappa shape index (κ1) is 18.7. The van der Waals surface area contributed by atoms with Gasteiger partial charge in [-0.3, -0.25) is 14.5 Å². The molecular weight excluding hydrogens is 366 g/mol. The van der Waals surface area contributed by atoms with Crippen LogP contribution in [0.5, 0.6) is 0 Å². The summed E-state index contributed by atoms with van der Waals surface area (Å²) in [6, 6.07) is 8.63. The van der Waals surface area contributed by atoms with E-state index in [1.165, 1.54) is 6.92 Å². The van der Waals surface area contributed by atoms with E-state index in [-0.39, 0.29) is 18.1 Å². The van der Waals surface area contributed by atoms with Crippen LogP contribution in [0.1, 0.15) is 19.4 Å². The minimum Gasteiger partial charge on any atom is -0.464 e. The predicted molar refractivity (Wildman–Crippen MR) is 101 cm³/mol. The number of esters is 1. The molecule has 0 radical (unpaired) electrons. The molecule has 2 amide bonds. The fraction of sp³-hybridized carbons (Fsp3) is 0.263. The van der Waals surface area contributed by atoms with E-state index in [4.69, 9.17) is 10.00 Å². The maximum atomic E-state index is 12.7. The Balaban J connectivity index is 1.96. The van der Waals surface area contributed by atoms with Gasteiger partial charge in [0.05, 0.1) is 17.6 Å². The van der Waals surface area contributed by atoms with E-state index >= 15 is 0 Å². The van der Waals surface area contributed by atoms with E-state index in [2.05, 4.69) is 6.07 Å². The Morgan fingerprint density at radius 3 is 2.81 bits per heavy atom. The number of nitrogens with zero attached hydrogens (tertiary/aromatic N) is 3. The number of hydrogen-bond acceptors (Lipinski definition) is 6. The number of thioether (sulfide) groups is 1. The van der Waals surface area contributed by atoms with Crippen LogP contribution in [0.4, 0.5) is 4.79 Å². The number of carbonyl (C=O) groups is 3.